The highest BCUT2D eigenvalue weighted by molar-refractivity contribution is 8.12. The standard InChI is InChI=1S/C24H16O2S6/c25-11-13-1-3-27-17(13)5-15-7-19-21(29-15)9-23(31-19)24-10-22-20(32-24)8-16(30-22)6-18-14(12-26)2-4-28-18/h1-4,7-12,19,21H,5-6H2. The fourth-order valence-corrected chi connectivity index (χ4v) is 11.4. The van der Waals surface area contributed by atoms with E-state index in [0.717, 1.165) is 41.4 Å². The van der Waals surface area contributed by atoms with E-state index in [9.17, 15) is 9.59 Å². The van der Waals surface area contributed by atoms with Gasteiger partial charge in [-0.05, 0) is 39.9 Å². The van der Waals surface area contributed by atoms with Gasteiger partial charge in [0.15, 0.2) is 12.6 Å². The minimum atomic E-state index is 0.487. The van der Waals surface area contributed by atoms with Gasteiger partial charge in [-0.25, -0.2) is 0 Å². The van der Waals surface area contributed by atoms with Crippen LogP contribution >= 0.6 is 68.9 Å². The van der Waals surface area contributed by atoms with E-state index in [1.165, 1.54) is 33.8 Å². The number of thioether (sulfide) groups is 2. The van der Waals surface area contributed by atoms with Crippen molar-refractivity contribution in [2.75, 3.05) is 0 Å². The molecule has 0 spiro atoms. The molecule has 2 unspecified atom stereocenters. The van der Waals surface area contributed by atoms with E-state index in [2.05, 4.69) is 24.3 Å². The maximum Gasteiger partial charge on any atom is 0.151 e. The average molecular weight is 529 g/mol. The zero-order valence-electron chi connectivity index (χ0n) is 16.6. The molecule has 4 aromatic heterocycles. The Morgan fingerprint density at radius 3 is 2.16 bits per heavy atom. The number of thiophene rings is 4. The number of carbonyl (C=O) groups is 2. The molecule has 0 aromatic carbocycles. The van der Waals surface area contributed by atoms with Crippen LogP contribution in [-0.2, 0) is 12.8 Å². The summed E-state index contributed by atoms with van der Waals surface area (Å²) in [4.78, 5) is 30.2. The van der Waals surface area contributed by atoms with Crippen molar-refractivity contribution in [1.82, 2.24) is 0 Å². The quantitative estimate of drug-likeness (QED) is 0.228. The maximum atomic E-state index is 11.2. The summed E-state index contributed by atoms with van der Waals surface area (Å²) in [5.41, 5.74) is 1.65. The second kappa shape index (κ2) is 8.74. The Morgan fingerprint density at radius 1 is 0.781 bits per heavy atom. The van der Waals surface area contributed by atoms with Crippen LogP contribution in [0.25, 0.3) is 14.3 Å². The highest BCUT2D eigenvalue weighted by Crippen LogP contribution is 2.53. The Kier molecular flexibility index (Phi) is 5.77. The molecule has 6 heterocycles. The Bertz CT molecular complexity index is 1360. The molecule has 32 heavy (non-hydrogen) atoms. The van der Waals surface area contributed by atoms with E-state index < -0.39 is 0 Å². The van der Waals surface area contributed by atoms with Crippen molar-refractivity contribution < 1.29 is 9.59 Å². The number of carbonyl (C=O) groups excluding carboxylic acids is 2. The van der Waals surface area contributed by atoms with Gasteiger partial charge in [0.05, 0.1) is 0 Å². The Labute approximate surface area is 210 Å². The van der Waals surface area contributed by atoms with E-state index >= 15 is 0 Å². The van der Waals surface area contributed by atoms with Crippen molar-refractivity contribution in [1.29, 1.82) is 0 Å². The van der Waals surface area contributed by atoms with E-state index in [1.54, 1.807) is 22.7 Å². The number of fused-ring (bicyclic) bond motifs is 2. The van der Waals surface area contributed by atoms with Gasteiger partial charge < -0.3 is 0 Å². The highest BCUT2D eigenvalue weighted by atomic mass is 32.2. The number of aldehydes is 2. The van der Waals surface area contributed by atoms with Crippen molar-refractivity contribution in [3.8, 4) is 0 Å². The SMILES string of the molecule is O=Cc1ccsc1CC1=CC2SC(c3cc4sc(Cc5sccc5C=O)cc4s3)=CC2S1. The first kappa shape index (κ1) is 21.1. The molecule has 4 aromatic rings. The third-order valence-electron chi connectivity index (χ3n) is 5.52. The van der Waals surface area contributed by atoms with Gasteiger partial charge >= 0.3 is 0 Å². The van der Waals surface area contributed by atoms with Gasteiger partial charge in [-0.1, -0.05) is 12.2 Å². The summed E-state index contributed by atoms with van der Waals surface area (Å²) in [5, 5.41) is 4.97. The molecule has 0 saturated carbocycles. The molecule has 8 heteroatoms. The van der Waals surface area contributed by atoms with Gasteiger partial charge in [-0.15, -0.1) is 68.9 Å². The molecule has 2 atom stereocenters. The second-order valence-electron chi connectivity index (χ2n) is 7.57. The number of hydrogen-bond acceptors (Lipinski definition) is 8. The third kappa shape index (κ3) is 3.91. The molecule has 0 saturated heterocycles. The van der Waals surface area contributed by atoms with E-state index in [1.807, 2.05) is 69.1 Å². The highest BCUT2D eigenvalue weighted by Gasteiger charge is 2.34. The summed E-state index contributed by atoms with van der Waals surface area (Å²) < 4.78 is 2.68. The largest absolute Gasteiger partial charge is 0.298 e. The first-order chi connectivity index (χ1) is 15.7. The van der Waals surface area contributed by atoms with Gasteiger partial charge in [0, 0.05) is 68.3 Å². The number of hydrogen-bond donors (Lipinski definition) is 0. The fraction of sp³-hybridized carbons (Fsp3) is 0.167. The molecule has 2 nitrogen and oxygen atoms in total. The first-order valence-corrected chi connectivity index (χ1v) is 15.2. The van der Waals surface area contributed by atoms with Crippen LogP contribution in [0, 0.1) is 0 Å². The molecule has 2 aliphatic heterocycles. The van der Waals surface area contributed by atoms with Gasteiger partial charge in [0.2, 0.25) is 0 Å². The zero-order valence-corrected chi connectivity index (χ0v) is 21.5. The van der Waals surface area contributed by atoms with Crippen LogP contribution in [0.4, 0.5) is 0 Å². The molecular weight excluding hydrogens is 513 g/mol. The van der Waals surface area contributed by atoms with Gasteiger partial charge in [0.25, 0.3) is 0 Å². The molecule has 0 fully saturated rings. The Morgan fingerprint density at radius 2 is 1.47 bits per heavy atom. The normalized spacial score (nSPS) is 19.9. The van der Waals surface area contributed by atoms with E-state index in [-0.39, 0.29) is 0 Å². The average Bonchev–Trinajstić information content (AvgIpc) is 3.58. The molecule has 6 rings (SSSR count). The summed E-state index contributed by atoms with van der Waals surface area (Å²) in [6.07, 6.45) is 8.47. The van der Waals surface area contributed by atoms with Crippen LogP contribution in [0.1, 0.15) is 40.2 Å². The lowest BCUT2D eigenvalue weighted by molar-refractivity contribution is 0.111. The van der Waals surface area contributed by atoms with Gasteiger partial charge in [0.1, 0.15) is 0 Å². The Hall–Kier alpha value is -1.42. The summed E-state index contributed by atoms with van der Waals surface area (Å²) in [6.45, 7) is 0. The van der Waals surface area contributed by atoms with Crippen molar-refractivity contribution in [2.24, 2.45) is 0 Å². The zero-order chi connectivity index (χ0) is 21.7. The van der Waals surface area contributed by atoms with E-state index in [4.69, 9.17) is 0 Å². The maximum absolute atomic E-state index is 11.2. The van der Waals surface area contributed by atoms with Crippen LogP contribution in [0.2, 0.25) is 0 Å². The molecule has 0 bridgehead atoms. The predicted octanol–water partition coefficient (Wildman–Crippen LogP) is 8.00. The monoisotopic (exact) mass is 528 g/mol. The smallest absolute Gasteiger partial charge is 0.151 e. The lowest BCUT2D eigenvalue weighted by Gasteiger charge is -2.04. The van der Waals surface area contributed by atoms with Crippen LogP contribution in [0.15, 0.2) is 52.1 Å². The minimum Gasteiger partial charge on any atom is -0.298 e. The second-order valence-corrected chi connectivity index (χ2v) is 14.3. The topological polar surface area (TPSA) is 34.1 Å². The minimum absolute atomic E-state index is 0.487. The molecule has 0 N–H and O–H groups in total. The van der Waals surface area contributed by atoms with Gasteiger partial charge in [-0.2, -0.15) is 0 Å². The first-order valence-electron chi connectivity index (χ1n) is 10.0. The van der Waals surface area contributed by atoms with Gasteiger partial charge in [-0.3, -0.25) is 9.59 Å². The van der Waals surface area contributed by atoms with Crippen LogP contribution in [-0.4, -0.2) is 23.1 Å². The molecule has 0 amide bonds. The molecule has 0 radical (unpaired) electrons. The van der Waals surface area contributed by atoms with Crippen LogP contribution in [0.5, 0.6) is 0 Å². The summed E-state index contributed by atoms with van der Waals surface area (Å²) >= 11 is 11.0. The molecular formula is C24H16O2S6. The summed E-state index contributed by atoms with van der Waals surface area (Å²) in [7, 11) is 0. The molecule has 2 aliphatic rings. The summed E-state index contributed by atoms with van der Waals surface area (Å²) in [6, 6.07) is 8.44. The summed E-state index contributed by atoms with van der Waals surface area (Å²) in [5.74, 6) is 0. The third-order valence-corrected chi connectivity index (χ3v) is 12.6. The fourth-order valence-electron chi connectivity index (χ4n) is 3.97. The molecule has 160 valence electrons. The van der Waals surface area contributed by atoms with Crippen molar-refractivity contribution in [3.05, 3.63) is 82.7 Å². The lowest BCUT2D eigenvalue weighted by Crippen LogP contribution is -2.04. The van der Waals surface area contributed by atoms with Crippen molar-refractivity contribution in [2.45, 2.75) is 23.3 Å². The number of allylic oxidation sites excluding steroid dienone is 1. The Balaban J connectivity index is 1.15. The van der Waals surface area contributed by atoms with Crippen LogP contribution < -0.4 is 0 Å². The van der Waals surface area contributed by atoms with Crippen molar-refractivity contribution >= 4 is 95.7 Å². The number of rotatable bonds is 7. The van der Waals surface area contributed by atoms with Crippen molar-refractivity contribution in [3.63, 3.8) is 0 Å². The molecule has 0 aliphatic carbocycles. The van der Waals surface area contributed by atoms with Crippen LogP contribution in [0.3, 0.4) is 0 Å². The van der Waals surface area contributed by atoms with E-state index in [0.29, 0.717) is 10.5 Å². The lowest BCUT2D eigenvalue weighted by atomic mass is 10.2. The predicted molar refractivity (Wildman–Crippen MR) is 144 cm³/mol.